The van der Waals surface area contributed by atoms with Crippen molar-refractivity contribution in [3.05, 3.63) is 28.2 Å². The van der Waals surface area contributed by atoms with Gasteiger partial charge in [-0.05, 0) is 25.1 Å². The highest BCUT2D eigenvalue weighted by Crippen LogP contribution is 2.42. The van der Waals surface area contributed by atoms with Crippen LogP contribution in [-0.2, 0) is 0 Å². The molecular weight excluding hydrogens is 370 g/mol. The molecule has 0 fully saturated rings. The number of rotatable bonds is 4. The number of carbonyl (C=O) groups is 1. The molecule has 118 valence electrons. The average Bonchev–Trinajstić information content (AvgIpc) is 2.27. The fraction of sp³-hybridized carbons (Fsp3) is 0.417. The molecule has 0 unspecified atom stereocenters. The van der Waals surface area contributed by atoms with E-state index in [2.05, 4.69) is 15.9 Å². The number of carbonyl (C=O) groups excluding carboxylic acids is 1. The number of halogens is 7. The van der Waals surface area contributed by atoms with E-state index in [1.54, 1.807) is 0 Å². The van der Waals surface area contributed by atoms with Crippen LogP contribution < -0.4 is 4.74 Å². The van der Waals surface area contributed by atoms with Crippen molar-refractivity contribution in [1.29, 1.82) is 0 Å². The van der Waals surface area contributed by atoms with Crippen LogP contribution in [0.15, 0.2) is 22.7 Å². The fourth-order valence-electron chi connectivity index (χ4n) is 1.61. The molecule has 0 amide bonds. The third-order valence-corrected chi connectivity index (χ3v) is 2.92. The molecule has 0 aliphatic carbocycles. The van der Waals surface area contributed by atoms with Gasteiger partial charge in [-0.25, -0.2) is 0 Å². The second kappa shape index (κ2) is 6.25. The molecule has 0 aromatic heterocycles. The Labute approximate surface area is 124 Å². The molecule has 0 saturated carbocycles. The summed E-state index contributed by atoms with van der Waals surface area (Å²) in [6.07, 6.45) is -11.5. The Morgan fingerprint density at radius 3 is 2.14 bits per heavy atom. The van der Waals surface area contributed by atoms with E-state index < -0.39 is 29.6 Å². The number of hydrogen-bond donors (Lipinski definition) is 0. The quantitative estimate of drug-likeness (QED) is 0.557. The lowest BCUT2D eigenvalue weighted by Crippen LogP contribution is -2.42. The summed E-state index contributed by atoms with van der Waals surface area (Å²) in [5, 5.41) is 0. The summed E-state index contributed by atoms with van der Waals surface area (Å²) in [5.74, 6) is -6.51. The molecule has 0 radical (unpaired) electrons. The summed E-state index contributed by atoms with van der Waals surface area (Å²) in [5.41, 5.74) is -0.772. The van der Waals surface area contributed by atoms with Crippen molar-refractivity contribution in [3.8, 4) is 5.75 Å². The second-order valence-electron chi connectivity index (χ2n) is 3.95. The van der Waals surface area contributed by atoms with Crippen molar-refractivity contribution in [3.63, 3.8) is 0 Å². The summed E-state index contributed by atoms with van der Waals surface area (Å²) >= 11 is 2.90. The minimum atomic E-state index is -5.73. The topological polar surface area (TPSA) is 26.3 Å². The van der Waals surface area contributed by atoms with Crippen molar-refractivity contribution in [2.75, 3.05) is 6.61 Å². The van der Waals surface area contributed by atoms with Crippen LogP contribution in [0.4, 0.5) is 26.3 Å². The monoisotopic (exact) mass is 378 g/mol. The van der Waals surface area contributed by atoms with Gasteiger partial charge in [0.2, 0.25) is 5.92 Å². The Morgan fingerprint density at radius 2 is 1.71 bits per heavy atom. The van der Waals surface area contributed by atoms with Crippen LogP contribution in [0.5, 0.6) is 5.75 Å². The Bertz CT molecular complexity index is 509. The first kappa shape index (κ1) is 17.8. The Kier molecular flexibility index (Phi) is 5.30. The Hall–Kier alpha value is -1.25. The van der Waals surface area contributed by atoms with Gasteiger partial charge in [0.25, 0.3) is 0 Å². The first-order valence-electron chi connectivity index (χ1n) is 5.58. The molecule has 0 heterocycles. The maximum absolute atomic E-state index is 12.6. The smallest absolute Gasteiger partial charge is 0.407 e. The third-order valence-electron chi connectivity index (χ3n) is 2.42. The maximum Gasteiger partial charge on any atom is 0.407 e. The van der Waals surface area contributed by atoms with E-state index in [0.29, 0.717) is 0 Å². The molecule has 0 spiro atoms. The summed E-state index contributed by atoms with van der Waals surface area (Å²) in [6.45, 7) is 1.48. The number of Topliss-reactive ketones (excluding diaryl/α,β-unsaturated/α-hetero) is 1. The highest BCUT2D eigenvalue weighted by Gasteiger charge is 2.61. The third kappa shape index (κ3) is 4.36. The van der Waals surface area contributed by atoms with Crippen LogP contribution in [-0.4, -0.2) is 24.7 Å². The lowest BCUT2D eigenvalue weighted by atomic mass is 9.95. The Balaban J connectivity index is 3.37. The molecule has 21 heavy (non-hydrogen) atoms. The Morgan fingerprint density at radius 1 is 1.19 bits per heavy atom. The minimum Gasteiger partial charge on any atom is -0.493 e. The van der Waals surface area contributed by atoms with Gasteiger partial charge >= 0.3 is 12.4 Å². The van der Waals surface area contributed by atoms with E-state index in [0.717, 1.165) is 12.1 Å². The number of benzene rings is 1. The van der Waals surface area contributed by atoms with Crippen molar-refractivity contribution in [1.82, 2.24) is 0 Å². The maximum atomic E-state index is 12.6. The van der Waals surface area contributed by atoms with Gasteiger partial charge < -0.3 is 4.74 Å². The molecule has 2 nitrogen and oxygen atoms in total. The largest absolute Gasteiger partial charge is 0.493 e. The molecule has 0 atom stereocenters. The van der Waals surface area contributed by atoms with Crippen molar-refractivity contribution in [2.45, 2.75) is 19.3 Å². The summed E-state index contributed by atoms with van der Waals surface area (Å²) in [7, 11) is 0. The first-order valence-corrected chi connectivity index (χ1v) is 6.37. The summed E-state index contributed by atoms with van der Waals surface area (Å²) < 4.78 is 80.5. The van der Waals surface area contributed by atoms with Gasteiger partial charge in [0, 0.05) is 4.47 Å². The standard InChI is InChI=1S/C12H9BrF6O2/c1-2-21-8-4-3-6(13)5-7(8)9(20)10(11(14,15)16)12(17,18)19/h3-5,10H,2H2,1H3. The van der Waals surface area contributed by atoms with Gasteiger partial charge in [-0.1, -0.05) is 15.9 Å². The lowest BCUT2D eigenvalue weighted by Gasteiger charge is -2.22. The van der Waals surface area contributed by atoms with Crippen molar-refractivity contribution < 1.29 is 35.9 Å². The zero-order valence-electron chi connectivity index (χ0n) is 10.5. The van der Waals surface area contributed by atoms with Gasteiger partial charge in [-0.3, -0.25) is 4.79 Å². The van der Waals surface area contributed by atoms with Gasteiger partial charge in [0.05, 0.1) is 12.2 Å². The van der Waals surface area contributed by atoms with E-state index in [-0.39, 0.29) is 16.8 Å². The summed E-state index contributed by atoms with van der Waals surface area (Å²) in [6, 6.07) is 3.35. The molecule has 1 aromatic carbocycles. The molecule has 0 bridgehead atoms. The minimum absolute atomic E-state index is 0.00931. The van der Waals surface area contributed by atoms with E-state index in [1.165, 1.54) is 13.0 Å². The molecule has 0 aliphatic rings. The summed E-state index contributed by atoms with van der Waals surface area (Å²) in [4.78, 5) is 11.7. The van der Waals surface area contributed by atoms with Crippen LogP contribution in [0.3, 0.4) is 0 Å². The molecule has 0 N–H and O–H groups in total. The SMILES string of the molecule is CCOc1ccc(Br)cc1C(=O)C(C(F)(F)F)C(F)(F)F. The highest BCUT2D eigenvalue weighted by atomic mass is 79.9. The molecule has 1 aromatic rings. The van der Waals surface area contributed by atoms with E-state index in [4.69, 9.17) is 4.74 Å². The van der Waals surface area contributed by atoms with E-state index in [1.807, 2.05) is 0 Å². The molecule has 0 saturated heterocycles. The fourth-order valence-corrected chi connectivity index (χ4v) is 1.98. The average molecular weight is 379 g/mol. The number of alkyl halides is 6. The zero-order chi connectivity index (χ0) is 16.4. The van der Waals surface area contributed by atoms with Crippen molar-refractivity contribution >= 4 is 21.7 Å². The highest BCUT2D eigenvalue weighted by molar-refractivity contribution is 9.10. The molecule has 0 aliphatic heterocycles. The normalized spacial score (nSPS) is 12.6. The predicted molar refractivity (Wildman–Crippen MR) is 65.2 cm³/mol. The predicted octanol–water partition coefficient (Wildman–Crippen LogP) is 4.77. The molecule has 1 rings (SSSR count). The number of ether oxygens (including phenoxy) is 1. The van der Waals surface area contributed by atoms with Gasteiger partial charge in [0.15, 0.2) is 5.78 Å². The van der Waals surface area contributed by atoms with Crippen LogP contribution >= 0.6 is 15.9 Å². The number of ketones is 1. The van der Waals surface area contributed by atoms with Gasteiger partial charge in [-0.15, -0.1) is 0 Å². The van der Waals surface area contributed by atoms with Crippen LogP contribution in [0.1, 0.15) is 17.3 Å². The zero-order valence-corrected chi connectivity index (χ0v) is 12.1. The van der Waals surface area contributed by atoms with Crippen molar-refractivity contribution in [2.24, 2.45) is 5.92 Å². The first-order chi connectivity index (χ1) is 9.48. The van der Waals surface area contributed by atoms with Crippen LogP contribution in [0, 0.1) is 5.92 Å². The molecule has 9 heteroatoms. The lowest BCUT2D eigenvalue weighted by molar-refractivity contribution is -0.264. The van der Waals surface area contributed by atoms with E-state index >= 15 is 0 Å². The van der Waals surface area contributed by atoms with Gasteiger partial charge in [0.1, 0.15) is 5.75 Å². The van der Waals surface area contributed by atoms with Gasteiger partial charge in [-0.2, -0.15) is 26.3 Å². The number of hydrogen-bond acceptors (Lipinski definition) is 2. The van der Waals surface area contributed by atoms with E-state index in [9.17, 15) is 31.1 Å². The second-order valence-corrected chi connectivity index (χ2v) is 4.87. The van der Waals surface area contributed by atoms with Crippen LogP contribution in [0.2, 0.25) is 0 Å². The molecular formula is C12H9BrF6O2. The van der Waals surface area contributed by atoms with Crippen LogP contribution in [0.25, 0.3) is 0 Å².